The molecular weight excluding hydrogens is 326 g/mol. The summed E-state index contributed by atoms with van der Waals surface area (Å²) in [5, 5.41) is 13.9. The fraction of sp³-hybridized carbons (Fsp3) is 0.133. The lowest BCUT2D eigenvalue weighted by Gasteiger charge is -2.07. The zero-order chi connectivity index (χ0) is 18.1. The van der Waals surface area contributed by atoms with E-state index in [9.17, 15) is 14.9 Å². The molecule has 0 atom stereocenters. The van der Waals surface area contributed by atoms with Gasteiger partial charge in [-0.25, -0.2) is 14.6 Å². The molecule has 2 aromatic heterocycles. The Hall–Kier alpha value is -3.69. The van der Waals surface area contributed by atoms with Crippen LogP contribution in [0.1, 0.15) is 5.69 Å². The van der Waals surface area contributed by atoms with E-state index in [-0.39, 0.29) is 22.9 Å². The van der Waals surface area contributed by atoms with E-state index < -0.39 is 10.6 Å². The summed E-state index contributed by atoms with van der Waals surface area (Å²) in [6.45, 7) is 1.72. The summed E-state index contributed by atoms with van der Waals surface area (Å²) in [4.78, 5) is 30.8. The minimum absolute atomic E-state index is 0.136. The molecule has 3 aromatic rings. The molecule has 1 aromatic carbocycles. The summed E-state index contributed by atoms with van der Waals surface area (Å²) in [6, 6.07) is 9.04. The van der Waals surface area contributed by atoms with Gasteiger partial charge in [0.15, 0.2) is 0 Å². The van der Waals surface area contributed by atoms with E-state index in [0.717, 1.165) is 6.33 Å². The smallest absolute Gasteiger partial charge is 0.353 e. The van der Waals surface area contributed by atoms with Crippen LogP contribution >= 0.6 is 0 Å². The van der Waals surface area contributed by atoms with Crippen molar-refractivity contribution in [2.75, 3.05) is 11.1 Å². The Morgan fingerprint density at radius 2 is 1.92 bits per heavy atom. The number of hydrogen-bond acceptors (Lipinski definition) is 7. The first kappa shape index (κ1) is 16.2. The number of nitro groups is 1. The largest absolute Gasteiger partial charge is 0.378 e. The van der Waals surface area contributed by atoms with Gasteiger partial charge in [0.2, 0.25) is 11.6 Å². The summed E-state index contributed by atoms with van der Waals surface area (Å²) in [5.74, 6) is -0.414. The van der Waals surface area contributed by atoms with Crippen LogP contribution in [-0.2, 0) is 7.05 Å². The molecule has 128 valence electrons. The molecule has 0 fully saturated rings. The van der Waals surface area contributed by atoms with Gasteiger partial charge in [-0.3, -0.25) is 19.6 Å². The van der Waals surface area contributed by atoms with Gasteiger partial charge in [-0.05, 0) is 19.1 Å². The molecule has 3 rings (SSSR count). The third-order valence-corrected chi connectivity index (χ3v) is 3.83. The van der Waals surface area contributed by atoms with Crippen molar-refractivity contribution in [1.82, 2.24) is 19.3 Å². The molecule has 0 bridgehead atoms. The van der Waals surface area contributed by atoms with Crippen molar-refractivity contribution in [2.45, 2.75) is 6.92 Å². The molecule has 25 heavy (non-hydrogen) atoms. The second kappa shape index (κ2) is 6.07. The topological polar surface area (TPSA) is 134 Å². The van der Waals surface area contributed by atoms with Crippen LogP contribution in [0, 0.1) is 17.0 Å². The van der Waals surface area contributed by atoms with Crippen LogP contribution in [0.4, 0.5) is 23.0 Å². The Morgan fingerprint density at radius 3 is 2.56 bits per heavy atom. The summed E-state index contributed by atoms with van der Waals surface area (Å²) in [7, 11) is 1.72. The van der Waals surface area contributed by atoms with E-state index in [1.54, 1.807) is 30.8 Å². The Morgan fingerprint density at radius 1 is 1.24 bits per heavy atom. The van der Waals surface area contributed by atoms with Gasteiger partial charge in [0.25, 0.3) is 5.56 Å². The van der Waals surface area contributed by atoms with Crippen LogP contribution in [0.2, 0.25) is 0 Å². The highest BCUT2D eigenvalue weighted by atomic mass is 16.6. The van der Waals surface area contributed by atoms with Gasteiger partial charge in [-0.2, -0.15) is 0 Å². The summed E-state index contributed by atoms with van der Waals surface area (Å²) < 4.78 is 3.10. The maximum absolute atomic E-state index is 12.8. The highest BCUT2D eigenvalue weighted by Gasteiger charge is 2.24. The van der Waals surface area contributed by atoms with Crippen LogP contribution < -0.4 is 16.6 Å². The number of rotatable bonds is 4. The Balaban J connectivity index is 2.14. The molecule has 10 heteroatoms. The fourth-order valence-electron chi connectivity index (χ4n) is 2.49. The van der Waals surface area contributed by atoms with E-state index in [4.69, 9.17) is 5.73 Å². The Bertz CT molecular complexity index is 1010. The van der Waals surface area contributed by atoms with Crippen molar-refractivity contribution in [3.8, 4) is 5.69 Å². The zero-order valence-electron chi connectivity index (χ0n) is 13.5. The van der Waals surface area contributed by atoms with Crippen molar-refractivity contribution < 1.29 is 4.92 Å². The van der Waals surface area contributed by atoms with Gasteiger partial charge in [-0.1, -0.05) is 18.2 Å². The number of nitrogen functional groups attached to an aromatic ring is 1. The predicted octanol–water partition coefficient (Wildman–Crippen LogP) is 1.51. The fourth-order valence-corrected chi connectivity index (χ4v) is 2.49. The lowest BCUT2D eigenvalue weighted by atomic mass is 10.3. The number of aromatic nitrogens is 4. The second-order valence-electron chi connectivity index (χ2n) is 5.27. The van der Waals surface area contributed by atoms with Gasteiger partial charge in [0.1, 0.15) is 12.0 Å². The number of anilines is 3. The molecule has 0 aliphatic carbocycles. The van der Waals surface area contributed by atoms with Gasteiger partial charge in [0.05, 0.1) is 16.3 Å². The molecule has 2 heterocycles. The van der Waals surface area contributed by atoms with Gasteiger partial charge < -0.3 is 11.1 Å². The quantitative estimate of drug-likeness (QED) is 0.542. The van der Waals surface area contributed by atoms with Gasteiger partial charge >= 0.3 is 5.69 Å². The average Bonchev–Trinajstić information content (AvgIpc) is 2.79. The van der Waals surface area contributed by atoms with Crippen molar-refractivity contribution in [2.24, 2.45) is 7.05 Å². The third-order valence-electron chi connectivity index (χ3n) is 3.83. The Labute approximate surface area is 141 Å². The first-order chi connectivity index (χ1) is 11.9. The molecule has 0 aliphatic rings. The van der Waals surface area contributed by atoms with Crippen molar-refractivity contribution in [3.05, 3.63) is 62.8 Å². The highest BCUT2D eigenvalue weighted by Crippen LogP contribution is 2.29. The molecule has 0 radical (unpaired) electrons. The number of para-hydroxylation sites is 1. The molecule has 0 saturated heterocycles. The number of nitrogens with zero attached hydrogens (tertiary/aromatic N) is 5. The van der Waals surface area contributed by atoms with Crippen molar-refractivity contribution in [1.29, 1.82) is 0 Å². The van der Waals surface area contributed by atoms with E-state index in [1.807, 2.05) is 18.2 Å². The number of benzene rings is 1. The van der Waals surface area contributed by atoms with Crippen molar-refractivity contribution >= 4 is 23.0 Å². The van der Waals surface area contributed by atoms with E-state index in [2.05, 4.69) is 15.3 Å². The lowest BCUT2D eigenvalue weighted by Crippen LogP contribution is -2.20. The summed E-state index contributed by atoms with van der Waals surface area (Å²) >= 11 is 0. The van der Waals surface area contributed by atoms with Crippen molar-refractivity contribution in [3.63, 3.8) is 0 Å². The number of nitrogens with two attached hydrogens (primary N) is 1. The molecular formula is C15H15N7O3. The summed E-state index contributed by atoms with van der Waals surface area (Å²) in [5.41, 5.74) is 6.14. The van der Waals surface area contributed by atoms with E-state index in [1.165, 1.54) is 4.68 Å². The molecule has 10 nitrogen and oxygen atoms in total. The minimum atomic E-state index is -0.689. The SMILES string of the molecule is Cc1c(Nc2ncnc(N)c2[N+](=O)[O-])c(=O)n(-c2ccccc2)n1C. The van der Waals surface area contributed by atoms with Crippen LogP contribution in [0.3, 0.4) is 0 Å². The van der Waals surface area contributed by atoms with Crippen LogP contribution in [0.25, 0.3) is 5.69 Å². The zero-order valence-corrected chi connectivity index (χ0v) is 13.5. The monoisotopic (exact) mass is 341 g/mol. The minimum Gasteiger partial charge on any atom is -0.378 e. The molecule has 0 amide bonds. The van der Waals surface area contributed by atoms with E-state index in [0.29, 0.717) is 11.4 Å². The maximum Gasteiger partial charge on any atom is 0.353 e. The highest BCUT2D eigenvalue weighted by molar-refractivity contribution is 5.73. The number of nitrogens with one attached hydrogen (secondary N) is 1. The average molecular weight is 341 g/mol. The third kappa shape index (κ3) is 2.69. The molecule has 0 saturated carbocycles. The number of hydrogen-bond donors (Lipinski definition) is 2. The molecule has 0 unspecified atom stereocenters. The predicted molar refractivity (Wildman–Crippen MR) is 92.1 cm³/mol. The van der Waals surface area contributed by atoms with E-state index >= 15 is 0 Å². The molecule has 0 spiro atoms. The standard InChI is InChI=1S/C15H15N7O3/c1-9-11(19-14-12(22(24)25)13(16)17-8-18-14)15(23)21(20(9)2)10-6-4-3-5-7-10/h3-8H,1-2H3,(H3,16,17,18,19). The molecule has 3 N–H and O–H groups in total. The lowest BCUT2D eigenvalue weighted by molar-refractivity contribution is -0.383. The second-order valence-corrected chi connectivity index (χ2v) is 5.27. The van der Waals surface area contributed by atoms with Crippen LogP contribution in [0.15, 0.2) is 41.5 Å². The summed E-state index contributed by atoms with van der Waals surface area (Å²) in [6.07, 6.45) is 1.10. The molecule has 0 aliphatic heterocycles. The normalized spacial score (nSPS) is 10.6. The Kier molecular flexibility index (Phi) is 3.93. The van der Waals surface area contributed by atoms with Crippen LogP contribution in [-0.4, -0.2) is 24.3 Å². The van der Waals surface area contributed by atoms with Gasteiger partial charge in [0, 0.05) is 7.05 Å². The first-order valence-electron chi connectivity index (χ1n) is 7.27. The van der Waals surface area contributed by atoms with Crippen LogP contribution in [0.5, 0.6) is 0 Å². The first-order valence-corrected chi connectivity index (χ1v) is 7.27. The maximum atomic E-state index is 12.8. The van der Waals surface area contributed by atoms with Gasteiger partial charge in [-0.15, -0.1) is 0 Å².